The van der Waals surface area contributed by atoms with E-state index in [1.54, 1.807) is 0 Å². The van der Waals surface area contributed by atoms with E-state index in [9.17, 15) is 9.59 Å². The largest absolute Gasteiger partial charge is 0.494 e. The lowest BCUT2D eigenvalue weighted by atomic mass is 10.2. The van der Waals surface area contributed by atoms with E-state index >= 15 is 0 Å². The molecule has 0 fully saturated rings. The number of pyridine rings is 1. The van der Waals surface area contributed by atoms with E-state index in [0.717, 1.165) is 12.1 Å². The summed E-state index contributed by atoms with van der Waals surface area (Å²) in [6.45, 7) is 0.658. The fourth-order valence-electron chi connectivity index (χ4n) is 1.17. The van der Waals surface area contributed by atoms with Gasteiger partial charge in [0.15, 0.2) is 5.88 Å². The molecule has 0 aliphatic rings. The van der Waals surface area contributed by atoms with Crippen LogP contribution in [0.25, 0.3) is 0 Å². The van der Waals surface area contributed by atoms with Gasteiger partial charge in [-0.25, -0.2) is 0 Å². The van der Waals surface area contributed by atoms with Gasteiger partial charge in [0.05, 0.1) is 25.4 Å². The first-order chi connectivity index (χ1) is 8.13. The van der Waals surface area contributed by atoms with Crippen LogP contribution in [0.1, 0.15) is 10.4 Å². The molecule has 94 valence electrons. The van der Waals surface area contributed by atoms with Crippen LogP contribution in [0.2, 0.25) is 0 Å². The predicted octanol–water partition coefficient (Wildman–Crippen LogP) is -1.18. The Bertz CT molecular complexity index is 429. The van der Waals surface area contributed by atoms with Gasteiger partial charge in [0.25, 0.3) is 11.5 Å². The van der Waals surface area contributed by atoms with Crippen molar-refractivity contribution >= 4 is 5.91 Å². The lowest BCUT2D eigenvalue weighted by molar-refractivity contribution is 0.0837. The van der Waals surface area contributed by atoms with Crippen LogP contribution in [0, 0.1) is 0 Å². The number of carbonyl (C=O) groups is 1. The molecule has 1 amide bonds. The number of aromatic hydroxyl groups is 1. The van der Waals surface area contributed by atoms with Crippen LogP contribution in [0.15, 0.2) is 16.9 Å². The summed E-state index contributed by atoms with van der Waals surface area (Å²) in [6.07, 6.45) is 0. The first-order valence-corrected chi connectivity index (χ1v) is 5.03. The highest BCUT2D eigenvalue weighted by atomic mass is 16.5. The molecule has 0 atom stereocenters. The van der Waals surface area contributed by atoms with Gasteiger partial charge in [-0.1, -0.05) is 0 Å². The van der Waals surface area contributed by atoms with E-state index in [2.05, 4.69) is 10.3 Å². The second-order valence-electron chi connectivity index (χ2n) is 3.21. The molecule has 7 heteroatoms. The van der Waals surface area contributed by atoms with Gasteiger partial charge in [0.2, 0.25) is 0 Å². The predicted molar refractivity (Wildman–Crippen MR) is 59.0 cm³/mol. The highest BCUT2D eigenvalue weighted by molar-refractivity contribution is 5.94. The molecule has 0 saturated heterocycles. The van der Waals surface area contributed by atoms with Crippen molar-refractivity contribution < 1.29 is 19.7 Å². The maximum absolute atomic E-state index is 11.5. The third kappa shape index (κ3) is 4.66. The number of aromatic amines is 1. The number of ether oxygens (including phenoxy) is 1. The SMILES string of the molecule is O=C(NCCOCCO)c1cc(O)[nH]c(=O)c1. The molecule has 7 nitrogen and oxygen atoms in total. The summed E-state index contributed by atoms with van der Waals surface area (Å²) in [5.41, 5.74) is -0.472. The number of aliphatic hydroxyl groups excluding tert-OH is 1. The molecule has 0 saturated carbocycles. The third-order valence-corrected chi connectivity index (χ3v) is 1.86. The molecule has 4 N–H and O–H groups in total. The van der Waals surface area contributed by atoms with E-state index in [1.165, 1.54) is 0 Å². The normalized spacial score (nSPS) is 10.2. The Morgan fingerprint density at radius 2 is 2.18 bits per heavy atom. The molecule has 0 aliphatic heterocycles. The standard InChI is InChI=1S/C10H14N2O5/c13-2-4-17-3-1-11-10(16)7-5-8(14)12-9(15)6-7/h5-6,13H,1-4H2,(H,11,16)(H2,12,14,15). The van der Waals surface area contributed by atoms with Gasteiger partial charge in [0.1, 0.15) is 0 Å². The number of hydrogen-bond donors (Lipinski definition) is 4. The van der Waals surface area contributed by atoms with Gasteiger partial charge in [-0.05, 0) is 0 Å². The minimum absolute atomic E-state index is 0.0735. The Labute approximate surface area is 97.1 Å². The Morgan fingerprint density at radius 1 is 1.41 bits per heavy atom. The maximum atomic E-state index is 11.5. The van der Waals surface area contributed by atoms with Crippen LogP contribution in [0.4, 0.5) is 0 Å². The van der Waals surface area contributed by atoms with Crippen LogP contribution in [0.3, 0.4) is 0 Å². The van der Waals surface area contributed by atoms with Gasteiger partial charge in [-0.15, -0.1) is 0 Å². The lowest BCUT2D eigenvalue weighted by Gasteiger charge is -2.05. The maximum Gasteiger partial charge on any atom is 0.251 e. The zero-order valence-electron chi connectivity index (χ0n) is 9.10. The van der Waals surface area contributed by atoms with Crippen molar-refractivity contribution in [2.24, 2.45) is 0 Å². The number of amides is 1. The number of carbonyl (C=O) groups excluding carboxylic acids is 1. The Kier molecular flexibility index (Phi) is 5.18. The van der Waals surface area contributed by atoms with Crippen LogP contribution in [-0.4, -0.2) is 47.5 Å². The summed E-state index contributed by atoms with van der Waals surface area (Å²) >= 11 is 0. The molecule has 0 aliphatic carbocycles. The second-order valence-corrected chi connectivity index (χ2v) is 3.21. The van der Waals surface area contributed by atoms with Gasteiger partial charge < -0.3 is 20.3 Å². The Morgan fingerprint density at radius 3 is 2.82 bits per heavy atom. The minimum atomic E-state index is -0.549. The number of hydrogen-bond acceptors (Lipinski definition) is 5. The van der Waals surface area contributed by atoms with Crippen molar-refractivity contribution in [3.8, 4) is 5.88 Å². The smallest absolute Gasteiger partial charge is 0.251 e. The quantitative estimate of drug-likeness (QED) is 0.469. The Hall–Kier alpha value is -1.86. The summed E-state index contributed by atoms with van der Waals surface area (Å²) in [5.74, 6) is -0.835. The average molecular weight is 242 g/mol. The zero-order chi connectivity index (χ0) is 12.7. The Balaban J connectivity index is 2.44. The van der Waals surface area contributed by atoms with Crippen LogP contribution in [0.5, 0.6) is 5.88 Å². The highest BCUT2D eigenvalue weighted by Gasteiger charge is 2.07. The summed E-state index contributed by atoms with van der Waals surface area (Å²) in [7, 11) is 0. The van der Waals surface area contributed by atoms with E-state index < -0.39 is 11.5 Å². The van der Waals surface area contributed by atoms with E-state index in [0.29, 0.717) is 0 Å². The van der Waals surface area contributed by atoms with Crippen molar-refractivity contribution in [2.45, 2.75) is 0 Å². The average Bonchev–Trinajstić information content (AvgIpc) is 2.27. The van der Waals surface area contributed by atoms with Gasteiger partial charge >= 0.3 is 0 Å². The minimum Gasteiger partial charge on any atom is -0.494 e. The van der Waals surface area contributed by atoms with Crippen molar-refractivity contribution in [3.63, 3.8) is 0 Å². The van der Waals surface area contributed by atoms with E-state index in [1.807, 2.05) is 0 Å². The molecule has 1 aromatic rings. The molecule has 0 aromatic carbocycles. The van der Waals surface area contributed by atoms with Crippen molar-refractivity contribution in [3.05, 3.63) is 28.0 Å². The monoisotopic (exact) mass is 242 g/mol. The van der Waals surface area contributed by atoms with Crippen LogP contribution < -0.4 is 10.9 Å². The topological polar surface area (TPSA) is 112 Å². The summed E-state index contributed by atoms with van der Waals surface area (Å²) in [6, 6.07) is 2.24. The van der Waals surface area contributed by atoms with E-state index in [4.69, 9.17) is 14.9 Å². The molecule has 0 unspecified atom stereocenters. The van der Waals surface area contributed by atoms with E-state index in [-0.39, 0.29) is 37.8 Å². The fraction of sp³-hybridized carbons (Fsp3) is 0.400. The highest BCUT2D eigenvalue weighted by Crippen LogP contribution is 2.03. The fourth-order valence-corrected chi connectivity index (χ4v) is 1.17. The molecule has 1 heterocycles. The first kappa shape index (κ1) is 13.2. The summed E-state index contributed by atoms with van der Waals surface area (Å²) < 4.78 is 4.93. The van der Waals surface area contributed by atoms with Crippen molar-refractivity contribution in [1.82, 2.24) is 10.3 Å². The molecule has 0 spiro atoms. The first-order valence-electron chi connectivity index (χ1n) is 5.03. The van der Waals surface area contributed by atoms with Gasteiger partial charge in [-0.3, -0.25) is 14.6 Å². The number of aromatic nitrogens is 1. The number of rotatable bonds is 6. The second kappa shape index (κ2) is 6.66. The lowest BCUT2D eigenvalue weighted by Crippen LogP contribution is -2.28. The van der Waals surface area contributed by atoms with Crippen LogP contribution >= 0.6 is 0 Å². The molecule has 17 heavy (non-hydrogen) atoms. The number of aliphatic hydroxyl groups is 1. The molecule has 0 bridgehead atoms. The van der Waals surface area contributed by atoms with Crippen LogP contribution in [-0.2, 0) is 4.74 Å². The third-order valence-electron chi connectivity index (χ3n) is 1.86. The molecule has 1 rings (SSSR count). The van der Waals surface area contributed by atoms with Crippen molar-refractivity contribution in [1.29, 1.82) is 0 Å². The molecular formula is C10H14N2O5. The summed E-state index contributed by atoms with van der Waals surface area (Å²) in [4.78, 5) is 24.6. The number of H-pyrrole nitrogens is 1. The van der Waals surface area contributed by atoms with Gasteiger partial charge in [-0.2, -0.15) is 0 Å². The molecule has 0 radical (unpaired) electrons. The van der Waals surface area contributed by atoms with Crippen molar-refractivity contribution in [2.75, 3.05) is 26.4 Å². The summed E-state index contributed by atoms with van der Waals surface area (Å²) in [5, 5.41) is 20.0. The van der Waals surface area contributed by atoms with Gasteiger partial charge in [0, 0.05) is 18.7 Å². The molecular weight excluding hydrogens is 228 g/mol. The molecule has 1 aromatic heterocycles. The zero-order valence-corrected chi connectivity index (χ0v) is 9.10. The number of nitrogens with one attached hydrogen (secondary N) is 2.